The van der Waals surface area contributed by atoms with Crippen molar-refractivity contribution in [3.63, 3.8) is 0 Å². The second-order valence-electron chi connectivity index (χ2n) is 4.28. The molecule has 96 valence electrons. The predicted octanol–water partition coefficient (Wildman–Crippen LogP) is 1.88. The van der Waals surface area contributed by atoms with Crippen LogP contribution in [0.4, 0.5) is 10.1 Å². The van der Waals surface area contributed by atoms with E-state index in [1.54, 1.807) is 7.05 Å². The number of nitriles is 1. The van der Waals surface area contributed by atoms with E-state index in [1.807, 2.05) is 19.9 Å². The fourth-order valence-electron chi connectivity index (χ4n) is 1.59. The van der Waals surface area contributed by atoms with Crippen LogP contribution in [0.3, 0.4) is 0 Å². The van der Waals surface area contributed by atoms with Crippen LogP contribution in [0.25, 0.3) is 0 Å². The molecule has 1 rings (SSSR count). The number of benzene rings is 1. The number of carbonyl (C=O) groups is 1. The molecule has 0 aliphatic carbocycles. The van der Waals surface area contributed by atoms with E-state index in [2.05, 4.69) is 10.6 Å². The lowest BCUT2D eigenvalue weighted by Gasteiger charge is -2.22. The van der Waals surface area contributed by atoms with Gasteiger partial charge in [0.15, 0.2) is 0 Å². The molecule has 0 aromatic heterocycles. The lowest BCUT2D eigenvalue weighted by atomic mass is 10.0. The van der Waals surface area contributed by atoms with Crippen LogP contribution >= 0.6 is 0 Å². The fourth-order valence-corrected chi connectivity index (χ4v) is 1.59. The van der Waals surface area contributed by atoms with E-state index >= 15 is 0 Å². The van der Waals surface area contributed by atoms with Gasteiger partial charge < -0.3 is 10.6 Å². The first-order chi connectivity index (χ1) is 8.49. The molecule has 0 saturated heterocycles. The van der Waals surface area contributed by atoms with Crippen LogP contribution in [0.2, 0.25) is 0 Å². The Morgan fingerprint density at radius 1 is 1.44 bits per heavy atom. The number of likely N-dealkylation sites (N-methyl/N-ethyl adjacent to an activating group) is 1. The second-order valence-corrected chi connectivity index (χ2v) is 4.28. The molecule has 1 aromatic rings. The molecule has 0 fully saturated rings. The average Bonchev–Trinajstić information content (AvgIpc) is 2.35. The third kappa shape index (κ3) is 3.20. The van der Waals surface area contributed by atoms with Crippen LogP contribution in [0, 0.1) is 23.1 Å². The van der Waals surface area contributed by atoms with Gasteiger partial charge in [0, 0.05) is 7.05 Å². The van der Waals surface area contributed by atoms with E-state index in [-0.39, 0.29) is 17.4 Å². The van der Waals surface area contributed by atoms with Gasteiger partial charge in [0.05, 0.1) is 11.3 Å². The highest BCUT2D eigenvalue weighted by atomic mass is 19.1. The number of carbonyl (C=O) groups excluding carboxylic acids is 1. The van der Waals surface area contributed by atoms with Gasteiger partial charge in [-0.15, -0.1) is 0 Å². The van der Waals surface area contributed by atoms with Gasteiger partial charge >= 0.3 is 0 Å². The third-order valence-corrected chi connectivity index (χ3v) is 2.61. The minimum absolute atomic E-state index is 0.0431. The van der Waals surface area contributed by atoms with E-state index < -0.39 is 11.9 Å². The molecule has 1 aromatic carbocycles. The first kappa shape index (κ1) is 14.0. The van der Waals surface area contributed by atoms with Crippen LogP contribution in [-0.2, 0) is 4.79 Å². The Morgan fingerprint density at radius 2 is 2.11 bits per heavy atom. The number of hydrogen-bond acceptors (Lipinski definition) is 3. The van der Waals surface area contributed by atoms with Crippen molar-refractivity contribution in [1.29, 1.82) is 5.26 Å². The van der Waals surface area contributed by atoms with Crippen molar-refractivity contribution in [2.24, 2.45) is 5.92 Å². The maximum absolute atomic E-state index is 13.0. The summed E-state index contributed by atoms with van der Waals surface area (Å²) in [5, 5.41) is 14.5. The zero-order valence-corrected chi connectivity index (χ0v) is 10.6. The average molecular weight is 249 g/mol. The fraction of sp³-hybridized carbons (Fsp3) is 0.385. The van der Waals surface area contributed by atoms with Gasteiger partial charge in [-0.25, -0.2) is 4.39 Å². The summed E-state index contributed by atoms with van der Waals surface area (Å²) < 4.78 is 13.0. The first-order valence-corrected chi connectivity index (χ1v) is 5.67. The van der Waals surface area contributed by atoms with Gasteiger partial charge in [0.25, 0.3) is 0 Å². The molecule has 2 N–H and O–H groups in total. The summed E-state index contributed by atoms with van der Waals surface area (Å²) in [7, 11) is 1.55. The van der Waals surface area contributed by atoms with E-state index in [1.165, 1.54) is 12.1 Å². The number of nitrogens with one attached hydrogen (secondary N) is 2. The summed E-state index contributed by atoms with van der Waals surface area (Å²) in [4.78, 5) is 11.7. The Balaban J connectivity index is 3.01. The SMILES string of the molecule is CNC(=O)C(Nc1ccc(F)cc1C#N)C(C)C. The van der Waals surface area contributed by atoms with Crippen molar-refractivity contribution in [1.82, 2.24) is 5.32 Å². The van der Waals surface area contributed by atoms with Crippen molar-refractivity contribution in [2.75, 3.05) is 12.4 Å². The molecule has 0 bridgehead atoms. The van der Waals surface area contributed by atoms with E-state index in [9.17, 15) is 9.18 Å². The van der Waals surface area contributed by atoms with Crippen LogP contribution in [-0.4, -0.2) is 19.0 Å². The summed E-state index contributed by atoms with van der Waals surface area (Å²) in [5.41, 5.74) is 0.644. The molecule has 1 amide bonds. The lowest BCUT2D eigenvalue weighted by Crippen LogP contribution is -2.41. The van der Waals surface area contributed by atoms with Gasteiger partial charge in [-0.3, -0.25) is 4.79 Å². The quantitative estimate of drug-likeness (QED) is 0.856. The van der Waals surface area contributed by atoms with Crippen molar-refractivity contribution in [2.45, 2.75) is 19.9 Å². The molecule has 0 saturated carbocycles. The molecule has 0 heterocycles. The normalized spacial score (nSPS) is 11.8. The van der Waals surface area contributed by atoms with Crippen molar-refractivity contribution in [3.05, 3.63) is 29.6 Å². The number of rotatable bonds is 4. The maximum Gasteiger partial charge on any atom is 0.242 e. The highest BCUT2D eigenvalue weighted by molar-refractivity contribution is 5.85. The zero-order chi connectivity index (χ0) is 13.7. The molecular formula is C13H16FN3O. The number of amides is 1. The van der Waals surface area contributed by atoms with Gasteiger partial charge in [-0.2, -0.15) is 5.26 Å². The Kier molecular flexibility index (Phi) is 4.67. The molecular weight excluding hydrogens is 233 g/mol. The van der Waals surface area contributed by atoms with Gasteiger partial charge in [0.1, 0.15) is 17.9 Å². The first-order valence-electron chi connectivity index (χ1n) is 5.67. The van der Waals surface area contributed by atoms with Crippen LogP contribution < -0.4 is 10.6 Å². The summed E-state index contributed by atoms with van der Waals surface area (Å²) >= 11 is 0. The lowest BCUT2D eigenvalue weighted by molar-refractivity contribution is -0.122. The Labute approximate surface area is 106 Å². The van der Waals surface area contributed by atoms with Gasteiger partial charge in [-0.05, 0) is 24.1 Å². The van der Waals surface area contributed by atoms with E-state index in [0.717, 1.165) is 6.07 Å². The molecule has 5 heteroatoms. The summed E-state index contributed by atoms with van der Waals surface area (Å²) in [6, 6.07) is 5.30. The number of hydrogen-bond donors (Lipinski definition) is 2. The van der Waals surface area contributed by atoms with E-state index in [0.29, 0.717) is 5.69 Å². The maximum atomic E-state index is 13.0. The smallest absolute Gasteiger partial charge is 0.242 e. The van der Waals surface area contributed by atoms with Crippen molar-refractivity contribution >= 4 is 11.6 Å². The monoisotopic (exact) mass is 249 g/mol. The molecule has 4 nitrogen and oxygen atoms in total. The Bertz CT molecular complexity index is 480. The van der Waals surface area contributed by atoms with Gasteiger partial charge in [0.2, 0.25) is 5.91 Å². The van der Waals surface area contributed by atoms with Crippen molar-refractivity contribution in [3.8, 4) is 6.07 Å². The number of halogens is 1. The standard InChI is InChI=1S/C13H16FN3O/c1-8(2)12(13(18)16-3)17-11-5-4-10(14)6-9(11)7-15/h4-6,8,12,17H,1-3H3,(H,16,18). The Hall–Kier alpha value is -2.09. The molecule has 1 unspecified atom stereocenters. The number of nitrogens with zero attached hydrogens (tertiary/aromatic N) is 1. The largest absolute Gasteiger partial charge is 0.372 e. The van der Waals surface area contributed by atoms with E-state index in [4.69, 9.17) is 5.26 Å². The summed E-state index contributed by atoms with van der Waals surface area (Å²) in [6.45, 7) is 3.78. The molecule has 0 aliphatic heterocycles. The molecule has 18 heavy (non-hydrogen) atoms. The highest BCUT2D eigenvalue weighted by Crippen LogP contribution is 2.19. The summed E-state index contributed by atoms with van der Waals surface area (Å²) in [6.07, 6.45) is 0. The topological polar surface area (TPSA) is 64.9 Å². The molecule has 1 atom stereocenters. The second kappa shape index (κ2) is 6.01. The molecule has 0 aliphatic rings. The summed E-state index contributed by atoms with van der Waals surface area (Å²) in [5.74, 6) is -0.599. The van der Waals surface area contributed by atoms with Crippen LogP contribution in [0.5, 0.6) is 0 Å². The van der Waals surface area contributed by atoms with Crippen LogP contribution in [0.1, 0.15) is 19.4 Å². The number of anilines is 1. The minimum atomic E-state index is -0.474. The molecule has 0 radical (unpaired) electrons. The zero-order valence-electron chi connectivity index (χ0n) is 10.6. The third-order valence-electron chi connectivity index (χ3n) is 2.61. The Morgan fingerprint density at radius 3 is 2.61 bits per heavy atom. The van der Waals surface area contributed by atoms with Crippen LogP contribution in [0.15, 0.2) is 18.2 Å². The predicted molar refractivity (Wildman–Crippen MR) is 67.4 cm³/mol. The molecule has 0 spiro atoms. The van der Waals surface area contributed by atoms with Gasteiger partial charge in [-0.1, -0.05) is 13.8 Å². The minimum Gasteiger partial charge on any atom is -0.372 e. The van der Waals surface area contributed by atoms with Crippen molar-refractivity contribution < 1.29 is 9.18 Å². The highest BCUT2D eigenvalue weighted by Gasteiger charge is 2.21.